The predicted octanol–water partition coefficient (Wildman–Crippen LogP) is 2.65. The monoisotopic (exact) mass is 700 g/mol. The Labute approximate surface area is 261 Å². The lowest BCUT2D eigenvalue weighted by atomic mass is 9.45. The van der Waals surface area contributed by atoms with E-state index in [1.807, 2.05) is 6.92 Å². The number of halogens is 1. The normalized spacial score (nSPS) is 27.9. The minimum Gasteiger partial charge on any atom is -0.493 e. The molecule has 1 aromatic rings. The molecule has 42 heavy (non-hydrogen) atoms. The number of nitrogens with zero attached hydrogens (tertiary/aromatic N) is 1. The summed E-state index contributed by atoms with van der Waals surface area (Å²) in [6.45, 7) is 6.89. The van der Waals surface area contributed by atoms with Gasteiger partial charge in [0.1, 0.15) is 18.8 Å². The Morgan fingerprint density at radius 1 is 1.21 bits per heavy atom. The summed E-state index contributed by atoms with van der Waals surface area (Å²) in [5.41, 5.74) is 1.23. The van der Waals surface area contributed by atoms with Gasteiger partial charge in [-0.05, 0) is 95.7 Å². The van der Waals surface area contributed by atoms with Crippen molar-refractivity contribution < 1.29 is 39.1 Å². The zero-order chi connectivity index (χ0) is 30.6. The molecule has 11 heteroatoms. The highest BCUT2D eigenvalue weighted by atomic mass is 127. The van der Waals surface area contributed by atoms with Crippen LogP contribution in [0.2, 0.25) is 0 Å². The zero-order valence-corrected chi connectivity index (χ0v) is 27.1. The number of aliphatic hydroxyl groups is 3. The van der Waals surface area contributed by atoms with Gasteiger partial charge >= 0.3 is 0 Å². The first-order valence-corrected chi connectivity index (χ1v) is 15.9. The molecule has 0 spiro atoms. The third kappa shape index (κ3) is 6.90. The number of carbonyl (C=O) groups excluding carboxylic acids is 2. The Morgan fingerprint density at radius 2 is 1.98 bits per heavy atom. The number of amides is 2. The molecule has 2 bridgehead atoms. The average molecular weight is 701 g/mol. The molecule has 0 aromatic heterocycles. The van der Waals surface area contributed by atoms with E-state index in [0.717, 1.165) is 19.3 Å². The highest BCUT2D eigenvalue weighted by Gasteiger charge is 2.55. The summed E-state index contributed by atoms with van der Waals surface area (Å²) < 4.78 is 18.1. The molecule has 5 rings (SSSR count). The summed E-state index contributed by atoms with van der Waals surface area (Å²) in [7, 11) is 1.49. The van der Waals surface area contributed by atoms with Gasteiger partial charge < -0.3 is 39.7 Å². The maximum absolute atomic E-state index is 13.7. The number of benzene rings is 1. The summed E-state index contributed by atoms with van der Waals surface area (Å²) >= 11 is 2.08. The third-order valence-electron chi connectivity index (χ3n) is 9.52. The number of ether oxygens (including phenoxy) is 3. The molecule has 4 aliphatic carbocycles. The van der Waals surface area contributed by atoms with Gasteiger partial charge in [-0.1, -0.05) is 13.8 Å². The summed E-state index contributed by atoms with van der Waals surface area (Å²) in [4.78, 5) is 28.6. The highest BCUT2D eigenvalue weighted by Crippen LogP contribution is 2.61. The first kappa shape index (κ1) is 33.0. The molecule has 3 saturated carbocycles. The zero-order valence-electron chi connectivity index (χ0n) is 25.0. The third-order valence-corrected chi connectivity index (χ3v) is 10.3. The van der Waals surface area contributed by atoms with Crippen molar-refractivity contribution in [2.75, 3.05) is 40.0 Å². The number of rotatable bonds is 13. The minimum atomic E-state index is -1.14. The van der Waals surface area contributed by atoms with E-state index in [1.165, 1.54) is 7.11 Å². The van der Waals surface area contributed by atoms with Gasteiger partial charge in [-0.2, -0.15) is 0 Å². The van der Waals surface area contributed by atoms with Crippen LogP contribution in [0.15, 0.2) is 23.8 Å². The van der Waals surface area contributed by atoms with Gasteiger partial charge in [0, 0.05) is 31.7 Å². The highest BCUT2D eigenvalue weighted by molar-refractivity contribution is 14.1. The maximum Gasteiger partial charge on any atom is 0.248 e. The predicted molar refractivity (Wildman–Crippen MR) is 165 cm³/mol. The van der Waals surface area contributed by atoms with Gasteiger partial charge in [0.15, 0.2) is 11.5 Å². The van der Waals surface area contributed by atoms with Crippen LogP contribution in [0.4, 0.5) is 0 Å². The Morgan fingerprint density at radius 3 is 2.60 bits per heavy atom. The molecule has 2 amide bonds. The van der Waals surface area contributed by atoms with E-state index in [1.54, 1.807) is 23.1 Å². The number of methoxy groups -OCH3 is 1. The number of hydrogen-bond donors (Lipinski definition) is 4. The average Bonchev–Trinajstić information content (AvgIpc) is 2.99. The van der Waals surface area contributed by atoms with Crippen LogP contribution in [0.5, 0.6) is 11.5 Å². The van der Waals surface area contributed by atoms with Crippen molar-refractivity contribution in [2.45, 2.75) is 71.3 Å². The van der Waals surface area contributed by atoms with E-state index in [4.69, 9.17) is 14.2 Å². The fourth-order valence-corrected chi connectivity index (χ4v) is 7.82. The molecule has 10 nitrogen and oxygen atoms in total. The van der Waals surface area contributed by atoms with Gasteiger partial charge in [0.2, 0.25) is 11.8 Å². The molecular formula is C31H45IN2O8. The molecule has 4 aliphatic rings. The van der Waals surface area contributed by atoms with Gasteiger partial charge in [-0.3, -0.25) is 9.59 Å². The fourth-order valence-electron chi connectivity index (χ4n) is 7.02. The number of nitrogens with one attached hydrogen (secondary N) is 1. The molecule has 6 atom stereocenters. The lowest BCUT2D eigenvalue weighted by Gasteiger charge is -2.61. The van der Waals surface area contributed by atoms with Gasteiger partial charge in [0.05, 0.1) is 29.9 Å². The van der Waals surface area contributed by atoms with E-state index in [9.17, 15) is 24.9 Å². The van der Waals surface area contributed by atoms with Crippen molar-refractivity contribution in [3.8, 4) is 11.5 Å². The second-order valence-corrected chi connectivity index (χ2v) is 13.3. The number of carbonyl (C=O) groups is 2. The minimum absolute atomic E-state index is 0.0796. The van der Waals surface area contributed by atoms with Gasteiger partial charge in [-0.25, -0.2) is 0 Å². The molecule has 3 fully saturated rings. The second kappa shape index (κ2) is 14.2. The van der Waals surface area contributed by atoms with E-state index in [0.29, 0.717) is 51.2 Å². The number of aliphatic hydroxyl groups excluding tert-OH is 3. The smallest absolute Gasteiger partial charge is 0.248 e. The van der Waals surface area contributed by atoms with E-state index >= 15 is 0 Å². The lowest BCUT2D eigenvalue weighted by molar-refractivity contribution is -0.152. The van der Waals surface area contributed by atoms with Crippen LogP contribution < -0.4 is 14.8 Å². The molecule has 0 unspecified atom stereocenters. The van der Waals surface area contributed by atoms with E-state index < -0.39 is 18.2 Å². The van der Waals surface area contributed by atoms with Crippen molar-refractivity contribution in [1.82, 2.24) is 10.2 Å². The first-order chi connectivity index (χ1) is 20.0. The van der Waals surface area contributed by atoms with Crippen molar-refractivity contribution in [1.29, 1.82) is 0 Å². The SMILES string of the molecule is CCOCC(=O)N(C[C@@H]1CC[C@H]2C[C@@H]1C2(C)C)[C@@H]1CC(C(=O)NCCO)=C[C@H](Oc2c(I)cc(CO)cc2OC)[C@H]1O. The van der Waals surface area contributed by atoms with Crippen LogP contribution in [0.3, 0.4) is 0 Å². The van der Waals surface area contributed by atoms with Crippen molar-refractivity contribution in [3.63, 3.8) is 0 Å². The first-order valence-electron chi connectivity index (χ1n) is 14.8. The van der Waals surface area contributed by atoms with Crippen molar-refractivity contribution >= 4 is 34.4 Å². The molecule has 4 N–H and O–H groups in total. The van der Waals surface area contributed by atoms with Crippen molar-refractivity contribution in [3.05, 3.63) is 32.9 Å². The topological polar surface area (TPSA) is 138 Å². The molecule has 0 radical (unpaired) electrons. The molecular weight excluding hydrogens is 655 g/mol. The molecule has 0 aliphatic heterocycles. The standard InChI is InChI=1S/C31H45IN2O8/c1-5-41-17-27(37)34(15-19-6-7-21-14-22(19)31(21,2)3)24-12-20(30(39)33-8-9-35)13-25(28(24)38)42-29-23(32)10-18(16-36)11-26(29)40-4/h10-11,13,19,21-22,24-25,28,35-36,38H,5-9,12,14-17H2,1-4H3,(H,33,39)/t19-,21-,22-,24+,25-,28-/m0/s1. The summed E-state index contributed by atoms with van der Waals surface area (Å²) in [5.74, 6) is 1.63. The molecule has 0 saturated heterocycles. The van der Waals surface area contributed by atoms with Crippen LogP contribution in [0.25, 0.3) is 0 Å². The number of fused-ring (bicyclic) bond motifs is 2. The van der Waals surface area contributed by atoms with Crippen LogP contribution in [0.1, 0.15) is 52.0 Å². The Bertz CT molecular complexity index is 1160. The maximum atomic E-state index is 13.7. The van der Waals surface area contributed by atoms with E-state index in [2.05, 4.69) is 41.8 Å². The molecule has 0 heterocycles. The second-order valence-electron chi connectivity index (χ2n) is 12.2. The van der Waals surface area contributed by atoms with Gasteiger partial charge in [-0.15, -0.1) is 0 Å². The summed E-state index contributed by atoms with van der Waals surface area (Å²) in [6.07, 6.45) is 2.91. The largest absolute Gasteiger partial charge is 0.493 e. The lowest BCUT2D eigenvalue weighted by Crippen LogP contribution is -2.60. The Kier molecular flexibility index (Phi) is 11.2. The van der Waals surface area contributed by atoms with Crippen LogP contribution >= 0.6 is 22.6 Å². The number of hydrogen-bond acceptors (Lipinski definition) is 8. The van der Waals surface area contributed by atoms with Gasteiger partial charge in [0.25, 0.3) is 0 Å². The summed E-state index contributed by atoms with van der Waals surface area (Å²) in [6, 6.07) is 2.69. The fraction of sp³-hybridized carbons (Fsp3) is 0.677. The Balaban J connectivity index is 1.68. The Hall–Kier alpha value is -1.93. The molecule has 234 valence electrons. The van der Waals surface area contributed by atoms with Crippen molar-refractivity contribution in [2.24, 2.45) is 23.2 Å². The van der Waals surface area contributed by atoms with Crippen LogP contribution in [-0.2, 0) is 20.9 Å². The van der Waals surface area contributed by atoms with Crippen LogP contribution in [-0.4, -0.2) is 90.3 Å². The quantitative estimate of drug-likeness (QED) is 0.231. The summed E-state index contributed by atoms with van der Waals surface area (Å²) in [5, 5.41) is 33.4. The van der Waals surface area contributed by atoms with E-state index in [-0.39, 0.29) is 55.9 Å². The van der Waals surface area contributed by atoms with Crippen LogP contribution in [0, 0.1) is 26.7 Å². The molecule has 1 aromatic carbocycles.